The fraction of sp³-hybridized carbons (Fsp3) is 0.400. The highest BCUT2D eigenvalue weighted by Gasteiger charge is 2.16. The molecule has 2 heterocycles. The van der Waals surface area contributed by atoms with Crippen molar-refractivity contribution in [3.8, 4) is 5.75 Å². The Kier molecular flexibility index (Phi) is 6.10. The number of esters is 1. The second kappa shape index (κ2) is 8.50. The number of rotatable bonds is 5. The standard InChI is InChI=1S/C20H25N2O2S/c1-16-13-17(2)15-19(14-16)24-20(23)18-3-5-21(6-4-18)7-8-22-9-11-25-12-10-22/h3-6,13-15H,7-12H2,1-2H3/q+1/p+1. The van der Waals surface area contributed by atoms with Crippen LogP contribution in [-0.2, 0) is 6.54 Å². The maximum absolute atomic E-state index is 12.3. The van der Waals surface area contributed by atoms with Crippen molar-refractivity contribution >= 4 is 17.7 Å². The second-order valence-corrected chi connectivity index (χ2v) is 7.87. The van der Waals surface area contributed by atoms with Crippen LogP contribution >= 0.6 is 11.8 Å². The molecule has 1 aromatic carbocycles. The van der Waals surface area contributed by atoms with Gasteiger partial charge in [-0.15, -0.1) is 0 Å². The van der Waals surface area contributed by atoms with Crippen molar-refractivity contribution < 1.29 is 19.0 Å². The highest BCUT2D eigenvalue weighted by atomic mass is 32.2. The van der Waals surface area contributed by atoms with Gasteiger partial charge in [0.2, 0.25) is 0 Å². The molecule has 0 bridgehead atoms. The van der Waals surface area contributed by atoms with Crippen molar-refractivity contribution in [2.45, 2.75) is 20.4 Å². The van der Waals surface area contributed by atoms with Gasteiger partial charge in [-0.3, -0.25) is 0 Å². The number of pyridine rings is 1. The van der Waals surface area contributed by atoms with Crippen molar-refractivity contribution in [3.05, 3.63) is 59.4 Å². The molecule has 1 aromatic heterocycles. The Morgan fingerprint density at radius 2 is 1.76 bits per heavy atom. The molecule has 0 saturated carbocycles. The van der Waals surface area contributed by atoms with Crippen LogP contribution in [0, 0.1) is 13.8 Å². The van der Waals surface area contributed by atoms with Crippen LogP contribution in [0.25, 0.3) is 0 Å². The van der Waals surface area contributed by atoms with Crippen molar-refractivity contribution in [3.63, 3.8) is 0 Å². The number of nitrogens with zero attached hydrogens (tertiary/aromatic N) is 1. The number of nitrogens with one attached hydrogen (secondary N) is 1. The maximum Gasteiger partial charge on any atom is 0.343 e. The summed E-state index contributed by atoms with van der Waals surface area (Å²) in [6.07, 6.45) is 3.94. The minimum atomic E-state index is -0.309. The Hall–Kier alpha value is -1.85. The summed E-state index contributed by atoms with van der Waals surface area (Å²) in [5.74, 6) is 2.83. The molecule has 132 valence electrons. The van der Waals surface area contributed by atoms with Gasteiger partial charge in [0.05, 0.1) is 18.7 Å². The molecule has 2 aromatic rings. The van der Waals surface area contributed by atoms with Crippen LogP contribution < -0.4 is 14.2 Å². The van der Waals surface area contributed by atoms with Gasteiger partial charge in [-0.05, 0) is 37.1 Å². The molecule has 0 radical (unpaired) electrons. The van der Waals surface area contributed by atoms with Crippen LogP contribution in [0.1, 0.15) is 21.5 Å². The van der Waals surface area contributed by atoms with Crippen LogP contribution in [0.3, 0.4) is 0 Å². The summed E-state index contributed by atoms with van der Waals surface area (Å²) in [6, 6.07) is 9.51. The molecule has 1 N–H and O–H groups in total. The van der Waals surface area contributed by atoms with E-state index in [1.165, 1.54) is 24.6 Å². The molecule has 0 atom stereocenters. The van der Waals surface area contributed by atoms with Gasteiger partial charge in [0.25, 0.3) is 0 Å². The number of carbonyl (C=O) groups is 1. The molecule has 1 saturated heterocycles. The van der Waals surface area contributed by atoms with Crippen LogP contribution in [0.2, 0.25) is 0 Å². The van der Waals surface area contributed by atoms with Gasteiger partial charge in [-0.1, -0.05) is 6.07 Å². The van der Waals surface area contributed by atoms with Gasteiger partial charge in [0.15, 0.2) is 18.9 Å². The lowest BCUT2D eigenvalue weighted by Gasteiger charge is -2.21. The van der Waals surface area contributed by atoms with Crippen LogP contribution in [-0.4, -0.2) is 37.1 Å². The molecule has 1 aliphatic rings. The van der Waals surface area contributed by atoms with Gasteiger partial charge in [-0.25, -0.2) is 4.79 Å². The topological polar surface area (TPSA) is 34.6 Å². The van der Waals surface area contributed by atoms with E-state index in [1.54, 1.807) is 4.90 Å². The summed E-state index contributed by atoms with van der Waals surface area (Å²) in [5, 5.41) is 0. The fourth-order valence-electron chi connectivity index (χ4n) is 3.10. The highest BCUT2D eigenvalue weighted by molar-refractivity contribution is 7.99. The van der Waals surface area contributed by atoms with Crippen molar-refractivity contribution in [2.75, 3.05) is 31.1 Å². The van der Waals surface area contributed by atoms with E-state index in [0.29, 0.717) is 11.3 Å². The smallest absolute Gasteiger partial charge is 0.343 e. The molecular formula is C20H26N2O2S+2. The quantitative estimate of drug-likeness (QED) is 0.499. The lowest BCUT2D eigenvalue weighted by molar-refractivity contribution is -0.916. The Labute approximate surface area is 153 Å². The van der Waals surface area contributed by atoms with Gasteiger partial charge < -0.3 is 9.64 Å². The van der Waals surface area contributed by atoms with E-state index in [9.17, 15) is 4.79 Å². The summed E-state index contributed by atoms with van der Waals surface area (Å²) >= 11 is 2.05. The van der Waals surface area contributed by atoms with E-state index in [-0.39, 0.29) is 5.97 Å². The lowest BCUT2D eigenvalue weighted by atomic mass is 10.1. The molecule has 5 heteroatoms. The molecule has 25 heavy (non-hydrogen) atoms. The molecule has 0 spiro atoms. The Morgan fingerprint density at radius 1 is 1.12 bits per heavy atom. The zero-order valence-electron chi connectivity index (χ0n) is 15.0. The van der Waals surface area contributed by atoms with Gasteiger partial charge in [0.1, 0.15) is 12.3 Å². The van der Waals surface area contributed by atoms with Gasteiger partial charge in [0, 0.05) is 23.6 Å². The number of aryl methyl sites for hydroxylation is 2. The molecule has 0 aliphatic carbocycles. The highest BCUT2D eigenvalue weighted by Crippen LogP contribution is 2.17. The van der Waals surface area contributed by atoms with Crippen molar-refractivity contribution in [2.24, 2.45) is 0 Å². The number of quaternary nitrogens is 1. The summed E-state index contributed by atoms with van der Waals surface area (Å²) in [7, 11) is 0. The Balaban J connectivity index is 1.56. The largest absolute Gasteiger partial charge is 0.423 e. The molecule has 0 amide bonds. The third-order valence-electron chi connectivity index (χ3n) is 4.46. The SMILES string of the molecule is Cc1cc(C)cc(OC(=O)c2cc[n+](CC[NH+]3CCSCC3)cc2)c1. The number of thioether (sulfide) groups is 1. The predicted octanol–water partition coefficient (Wildman–Crippen LogP) is 1.44. The average Bonchev–Trinajstić information content (AvgIpc) is 2.60. The first kappa shape index (κ1) is 18.0. The summed E-state index contributed by atoms with van der Waals surface area (Å²) < 4.78 is 7.64. The number of benzene rings is 1. The van der Waals surface area contributed by atoms with E-state index in [4.69, 9.17) is 4.74 Å². The number of carbonyl (C=O) groups excluding carboxylic acids is 1. The van der Waals surface area contributed by atoms with E-state index in [0.717, 1.165) is 24.2 Å². The summed E-state index contributed by atoms with van der Waals surface area (Å²) in [5.41, 5.74) is 2.76. The zero-order valence-corrected chi connectivity index (χ0v) is 15.8. The summed E-state index contributed by atoms with van der Waals surface area (Å²) in [4.78, 5) is 14.0. The normalized spacial score (nSPS) is 15.1. The molecule has 0 unspecified atom stereocenters. The Morgan fingerprint density at radius 3 is 2.40 bits per heavy atom. The number of aromatic nitrogens is 1. The van der Waals surface area contributed by atoms with E-state index in [2.05, 4.69) is 10.6 Å². The molecule has 3 rings (SSSR count). The average molecular weight is 359 g/mol. The van der Waals surface area contributed by atoms with Crippen molar-refractivity contribution in [1.29, 1.82) is 0 Å². The molecule has 4 nitrogen and oxygen atoms in total. The van der Waals surface area contributed by atoms with Crippen LogP contribution in [0.5, 0.6) is 5.75 Å². The molecular weight excluding hydrogens is 332 g/mol. The van der Waals surface area contributed by atoms with Crippen LogP contribution in [0.15, 0.2) is 42.7 Å². The maximum atomic E-state index is 12.3. The predicted molar refractivity (Wildman–Crippen MR) is 100 cm³/mol. The third kappa shape index (κ3) is 5.31. The number of hydrogen-bond donors (Lipinski definition) is 1. The third-order valence-corrected chi connectivity index (χ3v) is 5.44. The minimum Gasteiger partial charge on any atom is -0.423 e. The van der Waals surface area contributed by atoms with Gasteiger partial charge in [-0.2, -0.15) is 16.3 Å². The van der Waals surface area contributed by atoms with E-state index in [1.807, 2.05) is 62.3 Å². The Bertz CT molecular complexity index is 705. The first-order valence-corrected chi connectivity index (χ1v) is 9.96. The first-order valence-electron chi connectivity index (χ1n) is 8.81. The van der Waals surface area contributed by atoms with Gasteiger partial charge >= 0.3 is 5.97 Å². The fourth-order valence-corrected chi connectivity index (χ4v) is 4.17. The summed E-state index contributed by atoms with van der Waals surface area (Å²) in [6.45, 7) is 8.62. The minimum absolute atomic E-state index is 0.309. The monoisotopic (exact) mass is 358 g/mol. The van der Waals surface area contributed by atoms with E-state index < -0.39 is 0 Å². The lowest BCUT2D eigenvalue weighted by Crippen LogP contribution is -3.14. The van der Waals surface area contributed by atoms with Crippen molar-refractivity contribution in [1.82, 2.24) is 0 Å². The van der Waals surface area contributed by atoms with Crippen LogP contribution in [0.4, 0.5) is 0 Å². The van der Waals surface area contributed by atoms with E-state index >= 15 is 0 Å². The zero-order chi connectivity index (χ0) is 17.6. The second-order valence-electron chi connectivity index (χ2n) is 6.65. The molecule has 1 aliphatic heterocycles. The first-order chi connectivity index (χ1) is 12.1. The number of ether oxygens (including phenoxy) is 1. The molecule has 1 fully saturated rings. The number of hydrogen-bond acceptors (Lipinski definition) is 3.